The van der Waals surface area contributed by atoms with E-state index in [9.17, 15) is 0 Å². The van der Waals surface area contributed by atoms with Gasteiger partial charge in [0, 0.05) is 39.2 Å². The Morgan fingerprint density at radius 3 is 2.04 bits per heavy atom. The average molecular weight is 614 g/mol. The molecule has 0 unspecified atom stereocenters. The minimum Gasteiger partial charge on any atom is -0.436 e. The molecule has 0 atom stereocenters. The predicted molar refractivity (Wildman–Crippen MR) is 197 cm³/mol. The molecule has 4 heteroatoms. The largest absolute Gasteiger partial charge is 0.436 e. The zero-order valence-electron chi connectivity index (χ0n) is 25.8. The van der Waals surface area contributed by atoms with Crippen molar-refractivity contribution in [1.29, 1.82) is 0 Å². The van der Waals surface area contributed by atoms with E-state index in [1.165, 1.54) is 21.5 Å². The van der Waals surface area contributed by atoms with Crippen molar-refractivity contribution in [1.82, 2.24) is 14.5 Å². The van der Waals surface area contributed by atoms with Gasteiger partial charge in [-0.1, -0.05) is 109 Å². The first-order chi connectivity index (χ1) is 23.8. The van der Waals surface area contributed by atoms with Crippen LogP contribution in [0.15, 0.2) is 168 Å². The monoisotopic (exact) mass is 613 g/mol. The molecule has 48 heavy (non-hydrogen) atoms. The molecule has 0 aliphatic rings. The van der Waals surface area contributed by atoms with E-state index >= 15 is 0 Å². The molecule has 7 aromatic carbocycles. The number of nitrogens with zero attached hydrogens (tertiary/aromatic N) is 3. The third-order valence-corrected chi connectivity index (χ3v) is 9.47. The number of oxazole rings is 1. The van der Waals surface area contributed by atoms with Crippen LogP contribution in [0.4, 0.5) is 0 Å². The molecule has 10 rings (SSSR count). The molecule has 0 spiro atoms. The lowest BCUT2D eigenvalue weighted by Gasteiger charge is -2.13. The number of aromatic nitrogens is 3. The normalized spacial score (nSPS) is 11.8. The van der Waals surface area contributed by atoms with Crippen molar-refractivity contribution in [2.75, 3.05) is 0 Å². The highest BCUT2D eigenvalue weighted by atomic mass is 16.3. The number of pyridine rings is 1. The SMILES string of the molecule is c1ccc(-c2cccc3ccc4oc(-c5cc(-n6c7ccccc7c7ccccc76)ccc5-c5ccc6ccccc6c5)nc4c23)nc1. The van der Waals surface area contributed by atoms with E-state index in [2.05, 4.69) is 143 Å². The van der Waals surface area contributed by atoms with Gasteiger partial charge in [-0.3, -0.25) is 4.98 Å². The molecule has 0 saturated carbocycles. The van der Waals surface area contributed by atoms with Gasteiger partial charge in [0.2, 0.25) is 5.89 Å². The van der Waals surface area contributed by atoms with Gasteiger partial charge in [-0.2, -0.15) is 0 Å². The Labute approximate surface area is 276 Å². The Bertz CT molecular complexity index is 2790. The smallest absolute Gasteiger partial charge is 0.228 e. The van der Waals surface area contributed by atoms with Crippen LogP contribution in [0.5, 0.6) is 0 Å². The van der Waals surface area contributed by atoms with Crippen molar-refractivity contribution in [3.05, 3.63) is 164 Å². The maximum atomic E-state index is 6.71. The van der Waals surface area contributed by atoms with E-state index in [0.717, 1.165) is 66.5 Å². The second-order valence-electron chi connectivity index (χ2n) is 12.2. The summed E-state index contributed by atoms with van der Waals surface area (Å²) >= 11 is 0. The molecular weight excluding hydrogens is 587 g/mol. The molecule has 4 nitrogen and oxygen atoms in total. The number of fused-ring (bicyclic) bond motifs is 7. The molecule has 0 amide bonds. The van der Waals surface area contributed by atoms with Crippen molar-refractivity contribution in [3.63, 3.8) is 0 Å². The van der Waals surface area contributed by atoms with Crippen molar-refractivity contribution in [3.8, 4) is 39.5 Å². The summed E-state index contributed by atoms with van der Waals surface area (Å²) in [7, 11) is 0. The Kier molecular flexibility index (Phi) is 5.84. The van der Waals surface area contributed by atoms with Crippen molar-refractivity contribution >= 4 is 54.5 Å². The number of benzene rings is 7. The van der Waals surface area contributed by atoms with E-state index in [1.54, 1.807) is 0 Å². The summed E-state index contributed by atoms with van der Waals surface area (Å²) in [4.78, 5) is 9.97. The first-order valence-electron chi connectivity index (χ1n) is 16.2. The summed E-state index contributed by atoms with van der Waals surface area (Å²) in [5.41, 5.74) is 9.99. The second kappa shape index (κ2) is 10.5. The van der Waals surface area contributed by atoms with Gasteiger partial charge in [-0.05, 0) is 75.8 Å². The summed E-state index contributed by atoms with van der Waals surface area (Å²) in [6, 6.07) is 55.4. The third-order valence-electron chi connectivity index (χ3n) is 9.47. The molecule has 0 fully saturated rings. The van der Waals surface area contributed by atoms with Gasteiger partial charge >= 0.3 is 0 Å². The molecule has 3 aromatic heterocycles. The van der Waals surface area contributed by atoms with Gasteiger partial charge in [-0.15, -0.1) is 0 Å². The van der Waals surface area contributed by atoms with Crippen LogP contribution in [0.3, 0.4) is 0 Å². The fraction of sp³-hybridized carbons (Fsp3) is 0. The quantitative estimate of drug-likeness (QED) is 0.198. The second-order valence-corrected chi connectivity index (χ2v) is 12.2. The highest BCUT2D eigenvalue weighted by molar-refractivity contribution is 6.12. The minimum atomic E-state index is 0.582. The Hall–Kier alpha value is -6.52. The number of para-hydroxylation sites is 2. The fourth-order valence-electron chi connectivity index (χ4n) is 7.27. The molecule has 224 valence electrons. The van der Waals surface area contributed by atoms with Gasteiger partial charge in [0.1, 0.15) is 5.52 Å². The molecule has 0 radical (unpaired) electrons. The molecule has 0 aliphatic carbocycles. The van der Waals surface area contributed by atoms with Gasteiger partial charge in [-0.25, -0.2) is 4.98 Å². The first-order valence-corrected chi connectivity index (χ1v) is 16.2. The minimum absolute atomic E-state index is 0.582. The van der Waals surface area contributed by atoms with Gasteiger partial charge in [0.05, 0.1) is 16.7 Å². The zero-order valence-corrected chi connectivity index (χ0v) is 25.8. The lowest BCUT2D eigenvalue weighted by molar-refractivity contribution is 0.620. The fourth-order valence-corrected chi connectivity index (χ4v) is 7.27. The Balaban J connectivity index is 1.26. The van der Waals surface area contributed by atoms with E-state index < -0.39 is 0 Å². The molecule has 0 aliphatic heterocycles. The van der Waals surface area contributed by atoms with Crippen LogP contribution in [-0.2, 0) is 0 Å². The highest BCUT2D eigenvalue weighted by Gasteiger charge is 2.20. The summed E-state index contributed by atoms with van der Waals surface area (Å²) in [6.45, 7) is 0. The van der Waals surface area contributed by atoms with Crippen LogP contribution in [0.2, 0.25) is 0 Å². The van der Waals surface area contributed by atoms with E-state index in [0.29, 0.717) is 5.89 Å². The molecule has 0 N–H and O–H groups in total. The van der Waals surface area contributed by atoms with E-state index in [1.807, 2.05) is 30.5 Å². The van der Waals surface area contributed by atoms with Crippen molar-refractivity contribution in [2.24, 2.45) is 0 Å². The predicted octanol–water partition coefficient (Wildman–Crippen LogP) is 11.6. The summed E-state index contributed by atoms with van der Waals surface area (Å²) in [5, 5.41) is 6.98. The number of rotatable bonds is 4. The molecule has 10 aromatic rings. The topological polar surface area (TPSA) is 43.9 Å². The lowest BCUT2D eigenvalue weighted by atomic mass is 9.96. The van der Waals surface area contributed by atoms with Crippen LogP contribution < -0.4 is 0 Å². The van der Waals surface area contributed by atoms with Crippen LogP contribution >= 0.6 is 0 Å². The molecular formula is C44H27N3O. The summed E-state index contributed by atoms with van der Waals surface area (Å²) in [5.74, 6) is 0.582. The Morgan fingerprint density at radius 1 is 0.500 bits per heavy atom. The third kappa shape index (κ3) is 4.10. The van der Waals surface area contributed by atoms with E-state index in [4.69, 9.17) is 9.40 Å². The van der Waals surface area contributed by atoms with Crippen molar-refractivity contribution in [2.45, 2.75) is 0 Å². The maximum Gasteiger partial charge on any atom is 0.228 e. The lowest BCUT2D eigenvalue weighted by Crippen LogP contribution is -1.96. The van der Waals surface area contributed by atoms with Gasteiger partial charge in [0.15, 0.2) is 5.58 Å². The van der Waals surface area contributed by atoms with Crippen LogP contribution in [-0.4, -0.2) is 14.5 Å². The summed E-state index contributed by atoms with van der Waals surface area (Å²) in [6.07, 6.45) is 1.83. The number of hydrogen-bond acceptors (Lipinski definition) is 3. The number of hydrogen-bond donors (Lipinski definition) is 0. The Morgan fingerprint density at radius 2 is 1.23 bits per heavy atom. The van der Waals surface area contributed by atoms with Gasteiger partial charge < -0.3 is 8.98 Å². The van der Waals surface area contributed by atoms with Crippen LogP contribution in [0, 0.1) is 0 Å². The first kappa shape index (κ1) is 26.7. The molecule has 0 bridgehead atoms. The van der Waals surface area contributed by atoms with Crippen LogP contribution in [0.1, 0.15) is 0 Å². The molecule has 3 heterocycles. The average Bonchev–Trinajstić information content (AvgIpc) is 3.74. The highest BCUT2D eigenvalue weighted by Crippen LogP contribution is 2.41. The summed E-state index contributed by atoms with van der Waals surface area (Å²) < 4.78 is 9.05. The van der Waals surface area contributed by atoms with E-state index in [-0.39, 0.29) is 0 Å². The van der Waals surface area contributed by atoms with Crippen molar-refractivity contribution < 1.29 is 4.42 Å². The van der Waals surface area contributed by atoms with Gasteiger partial charge in [0.25, 0.3) is 0 Å². The maximum absolute atomic E-state index is 6.71. The zero-order chi connectivity index (χ0) is 31.6. The van der Waals surface area contributed by atoms with Crippen LogP contribution in [0.25, 0.3) is 94.0 Å². The standard InChI is InChI=1S/C44H27N3O/c1-2-11-30-26-31(20-19-28(30)10-1)33-23-22-32(47-39-17-5-3-13-34(39)35-14-4-6-18-40(35)47)27-37(33)44-46-43-41(48-44)24-21-29-12-9-15-36(42(29)43)38-16-7-8-25-45-38/h1-27H. The molecule has 0 saturated heterocycles.